The molecule has 0 aliphatic heterocycles. The minimum atomic E-state index is -1.19. The highest BCUT2D eigenvalue weighted by Crippen LogP contribution is 2.29. The summed E-state index contributed by atoms with van der Waals surface area (Å²) in [7, 11) is 2.81. The number of nitrogens with one attached hydrogen (secondary N) is 1. The summed E-state index contributed by atoms with van der Waals surface area (Å²) in [6, 6.07) is 0. The van der Waals surface area contributed by atoms with Crippen molar-refractivity contribution in [3.8, 4) is 0 Å². The third-order valence-corrected chi connectivity index (χ3v) is 3.64. The van der Waals surface area contributed by atoms with Gasteiger partial charge in [0.2, 0.25) is 5.91 Å². The lowest BCUT2D eigenvalue weighted by molar-refractivity contribution is -0.180. The fraction of sp³-hybridized carbons (Fsp3) is 0.923. The molecule has 1 fully saturated rings. The van der Waals surface area contributed by atoms with Gasteiger partial charge in [-0.3, -0.25) is 4.79 Å². The van der Waals surface area contributed by atoms with Crippen LogP contribution in [-0.2, 0) is 19.0 Å². The van der Waals surface area contributed by atoms with Crippen LogP contribution in [0.4, 0.5) is 0 Å². The van der Waals surface area contributed by atoms with E-state index in [0.717, 1.165) is 0 Å². The van der Waals surface area contributed by atoms with Gasteiger partial charge in [-0.2, -0.15) is 0 Å². The number of aliphatic hydroxyl groups excluding tert-OH is 3. The van der Waals surface area contributed by atoms with Crippen molar-refractivity contribution in [2.75, 3.05) is 40.6 Å². The second kappa shape index (κ2) is 9.29. The number of carbonyl (C=O) groups is 1. The molecule has 1 saturated carbocycles. The molecule has 4 N–H and O–H groups in total. The van der Waals surface area contributed by atoms with E-state index in [1.54, 1.807) is 0 Å². The molecule has 1 amide bonds. The molecule has 0 spiro atoms. The van der Waals surface area contributed by atoms with E-state index in [4.69, 9.17) is 19.3 Å². The van der Waals surface area contributed by atoms with E-state index in [2.05, 4.69) is 5.32 Å². The van der Waals surface area contributed by atoms with E-state index in [-0.39, 0.29) is 32.1 Å². The Labute approximate surface area is 124 Å². The lowest BCUT2D eigenvalue weighted by Gasteiger charge is -2.40. The molecule has 5 atom stereocenters. The molecule has 21 heavy (non-hydrogen) atoms. The smallest absolute Gasteiger partial charge is 0.226 e. The molecule has 8 nitrogen and oxygen atoms in total. The van der Waals surface area contributed by atoms with Gasteiger partial charge >= 0.3 is 0 Å². The summed E-state index contributed by atoms with van der Waals surface area (Å²) < 4.78 is 15.3. The highest BCUT2D eigenvalue weighted by atomic mass is 16.5. The average Bonchev–Trinajstić information content (AvgIpc) is 2.49. The summed E-state index contributed by atoms with van der Waals surface area (Å²) in [6.45, 7) is 0.732. The van der Waals surface area contributed by atoms with Crippen LogP contribution >= 0.6 is 0 Å². The number of aliphatic hydroxyl groups is 3. The Morgan fingerprint density at radius 3 is 2.48 bits per heavy atom. The number of amides is 1. The average molecular weight is 307 g/mol. The Hall–Kier alpha value is -0.770. The number of rotatable bonds is 8. The summed E-state index contributed by atoms with van der Waals surface area (Å²) in [5.74, 6) is -0.904. The fourth-order valence-corrected chi connectivity index (χ4v) is 2.52. The van der Waals surface area contributed by atoms with E-state index in [0.29, 0.717) is 6.54 Å². The molecule has 0 aromatic rings. The molecule has 1 aliphatic carbocycles. The zero-order valence-electron chi connectivity index (χ0n) is 12.4. The summed E-state index contributed by atoms with van der Waals surface area (Å²) in [4.78, 5) is 12.2. The van der Waals surface area contributed by atoms with Gasteiger partial charge in [0, 0.05) is 20.8 Å². The summed E-state index contributed by atoms with van der Waals surface area (Å²) in [5.41, 5.74) is 0. The van der Waals surface area contributed by atoms with Gasteiger partial charge < -0.3 is 34.8 Å². The van der Waals surface area contributed by atoms with Crippen LogP contribution < -0.4 is 5.32 Å². The normalized spacial score (nSPS) is 32.9. The van der Waals surface area contributed by atoms with Gasteiger partial charge in [-0.15, -0.1) is 0 Å². The van der Waals surface area contributed by atoms with Crippen molar-refractivity contribution in [1.29, 1.82) is 0 Å². The topological polar surface area (TPSA) is 117 Å². The SMILES string of the molecule is CO[C@@H]1C(C(=O)NCCOCCO)C[C@@H](OC)[C@@H](O)[C@H]1O. The first-order valence-corrected chi connectivity index (χ1v) is 6.94. The molecule has 0 aromatic carbocycles. The molecular weight excluding hydrogens is 282 g/mol. The number of hydrogen-bond acceptors (Lipinski definition) is 7. The van der Waals surface area contributed by atoms with Crippen LogP contribution in [-0.4, -0.2) is 86.2 Å². The third kappa shape index (κ3) is 4.87. The molecule has 0 saturated heterocycles. The van der Waals surface area contributed by atoms with Crippen molar-refractivity contribution in [3.63, 3.8) is 0 Å². The lowest BCUT2D eigenvalue weighted by atomic mass is 9.80. The molecule has 1 aliphatic rings. The summed E-state index contributed by atoms with van der Waals surface area (Å²) in [6.07, 6.45) is -3.42. The maximum Gasteiger partial charge on any atom is 0.226 e. The maximum absolute atomic E-state index is 12.2. The first-order chi connectivity index (χ1) is 10.1. The minimum Gasteiger partial charge on any atom is -0.394 e. The van der Waals surface area contributed by atoms with Gasteiger partial charge in [-0.25, -0.2) is 0 Å². The van der Waals surface area contributed by atoms with Gasteiger partial charge in [0.15, 0.2) is 0 Å². The Morgan fingerprint density at radius 2 is 1.90 bits per heavy atom. The molecule has 1 rings (SSSR count). The van der Waals surface area contributed by atoms with Gasteiger partial charge in [-0.1, -0.05) is 0 Å². The Bertz CT molecular complexity index is 315. The van der Waals surface area contributed by atoms with Crippen LogP contribution in [0.5, 0.6) is 0 Å². The van der Waals surface area contributed by atoms with E-state index in [1.807, 2.05) is 0 Å². The summed E-state index contributed by atoms with van der Waals surface area (Å²) in [5, 5.41) is 31.1. The van der Waals surface area contributed by atoms with Crippen molar-refractivity contribution in [1.82, 2.24) is 5.32 Å². The van der Waals surface area contributed by atoms with Crippen LogP contribution in [0.1, 0.15) is 6.42 Å². The van der Waals surface area contributed by atoms with Gasteiger partial charge in [-0.05, 0) is 6.42 Å². The second-order valence-electron chi connectivity index (χ2n) is 4.92. The highest BCUT2D eigenvalue weighted by Gasteiger charge is 2.46. The largest absolute Gasteiger partial charge is 0.394 e. The maximum atomic E-state index is 12.2. The quantitative estimate of drug-likeness (QED) is 0.379. The van der Waals surface area contributed by atoms with Crippen LogP contribution in [0.2, 0.25) is 0 Å². The Balaban J connectivity index is 2.54. The fourth-order valence-electron chi connectivity index (χ4n) is 2.52. The van der Waals surface area contributed by atoms with Gasteiger partial charge in [0.05, 0.1) is 37.9 Å². The monoisotopic (exact) mass is 307 g/mol. The highest BCUT2D eigenvalue weighted by molar-refractivity contribution is 5.79. The van der Waals surface area contributed by atoms with Crippen molar-refractivity contribution in [2.45, 2.75) is 30.8 Å². The lowest BCUT2D eigenvalue weighted by Crippen LogP contribution is -2.58. The molecule has 1 unspecified atom stereocenters. The van der Waals surface area contributed by atoms with Crippen LogP contribution in [0.25, 0.3) is 0 Å². The Kier molecular flexibility index (Phi) is 8.09. The number of carbonyl (C=O) groups excluding carboxylic acids is 1. The Morgan fingerprint density at radius 1 is 1.19 bits per heavy atom. The molecule has 0 aromatic heterocycles. The van der Waals surface area contributed by atoms with E-state index >= 15 is 0 Å². The molecule has 0 heterocycles. The minimum absolute atomic E-state index is 0.0675. The van der Waals surface area contributed by atoms with Crippen molar-refractivity contribution < 1.29 is 34.3 Å². The number of ether oxygens (including phenoxy) is 3. The van der Waals surface area contributed by atoms with E-state index < -0.39 is 30.3 Å². The predicted molar refractivity (Wildman–Crippen MR) is 72.6 cm³/mol. The van der Waals surface area contributed by atoms with Gasteiger partial charge in [0.25, 0.3) is 0 Å². The van der Waals surface area contributed by atoms with Crippen molar-refractivity contribution >= 4 is 5.91 Å². The third-order valence-electron chi connectivity index (χ3n) is 3.64. The predicted octanol–water partition coefficient (Wildman–Crippen LogP) is -2.12. The van der Waals surface area contributed by atoms with Crippen LogP contribution in [0.3, 0.4) is 0 Å². The van der Waals surface area contributed by atoms with E-state index in [9.17, 15) is 15.0 Å². The zero-order chi connectivity index (χ0) is 15.8. The molecule has 0 bridgehead atoms. The zero-order valence-corrected chi connectivity index (χ0v) is 12.4. The second-order valence-corrected chi connectivity index (χ2v) is 4.92. The van der Waals surface area contributed by atoms with E-state index in [1.165, 1.54) is 14.2 Å². The van der Waals surface area contributed by atoms with Crippen molar-refractivity contribution in [3.05, 3.63) is 0 Å². The van der Waals surface area contributed by atoms with Crippen LogP contribution in [0.15, 0.2) is 0 Å². The first kappa shape index (κ1) is 18.3. The molecule has 124 valence electrons. The van der Waals surface area contributed by atoms with Gasteiger partial charge in [0.1, 0.15) is 12.2 Å². The number of hydrogen-bond donors (Lipinski definition) is 4. The number of methoxy groups -OCH3 is 2. The summed E-state index contributed by atoms with van der Waals surface area (Å²) >= 11 is 0. The molecule has 8 heteroatoms. The molecule has 0 radical (unpaired) electrons. The standard InChI is InChI=1S/C13H25NO7/c1-19-9-7-8(12(20-2)11(17)10(9)16)13(18)14-3-5-21-6-4-15/h8-12,15-17H,3-7H2,1-2H3,(H,14,18)/t8?,9-,10-,11-,12-/m1/s1. The first-order valence-electron chi connectivity index (χ1n) is 6.94. The van der Waals surface area contributed by atoms with Crippen LogP contribution in [0, 0.1) is 5.92 Å². The molecular formula is C13H25NO7. The van der Waals surface area contributed by atoms with Crippen molar-refractivity contribution in [2.24, 2.45) is 5.92 Å².